The molecule has 1 aromatic carbocycles. The number of hydrogen-bond donors (Lipinski definition) is 0. The minimum Gasteiger partial charge on any atom is -0.493 e. The summed E-state index contributed by atoms with van der Waals surface area (Å²) in [5.74, 6) is -0.0265. The van der Waals surface area contributed by atoms with Crippen molar-refractivity contribution in [3.05, 3.63) is 40.8 Å². The molecule has 140 valence electrons. The molecule has 2 rings (SSSR count). The normalized spacial score (nSPS) is 11.3. The van der Waals surface area contributed by atoms with Gasteiger partial charge in [-0.2, -0.15) is 0 Å². The van der Waals surface area contributed by atoms with E-state index in [1.165, 1.54) is 6.92 Å². The Morgan fingerprint density at radius 3 is 2.65 bits per heavy atom. The van der Waals surface area contributed by atoms with Crippen LogP contribution in [0.3, 0.4) is 0 Å². The molecule has 0 atom stereocenters. The van der Waals surface area contributed by atoms with Crippen LogP contribution in [0.15, 0.2) is 39.6 Å². The van der Waals surface area contributed by atoms with E-state index in [4.69, 9.17) is 18.6 Å². The van der Waals surface area contributed by atoms with E-state index in [0.29, 0.717) is 17.7 Å². The number of allylic oxidation sites excluding steroid dienone is 1. The van der Waals surface area contributed by atoms with Gasteiger partial charge in [-0.15, -0.1) is 0 Å². The average Bonchev–Trinajstić information content (AvgIpc) is 2.57. The van der Waals surface area contributed by atoms with Crippen molar-refractivity contribution in [2.75, 3.05) is 6.61 Å². The van der Waals surface area contributed by atoms with Gasteiger partial charge in [0.1, 0.15) is 11.3 Å². The molecule has 0 amide bonds. The molecule has 0 unspecified atom stereocenters. The molecule has 0 aliphatic heterocycles. The molecule has 0 N–H and O–H groups in total. The van der Waals surface area contributed by atoms with Crippen molar-refractivity contribution < 1.29 is 23.4 Å². The van der Waals surface area contributed by atoms with Crippen LogP contribution >= 0.6 is 0 Å². The molecule has 0 aliphatic carbocycles. The Morgan fingerprint density at radius 1 is 1.23 bits per heavy atom. The lowest BCUT2D eigenvalue weighted by Gasteiger charge is -2.14. The highest BCUT2D eigenvalue weighted by molar-refractivity contribution is 5.89. The molecular weight excluding hydrogens is 336 g/mol. The fraction of sp³-hybridized carbons (Fsp3) is 0.400. The second kappa shape index (κ2) is 9.08. The van der Waals surface area contributed by atoms with E-state index in [-0.39, 0.29) is 23.2 Å². The van der Waals surface area contributed by atoms with E-state index in [1.807, 2.05) is 0 Å². The Morgan fingerprint density at radius 2 is 2.00 bits per heavy atom. The van der Waals surface area contributed by atoms with Crippen molar-refractivity contribution >= 4 is 16.9 Å². The van der Waals surface area contributed by atoms with Crippen LogP contribution in [0.1, 0.15) is 40.5 Å². The van der Waals surface area contributed by atoms with Crippen molar-refractivity contribution in [2.45, 2.75) is 46.6 Å². The van der Waals surface area contributed by atoms with Crippen LogP contribution in [0.25, 0.3) is 11.0 Å². The first-order valence-corrected chi connectivity index (χ1v) is 8.66. The summed E-state index contributed by atoms with van der Waals surface area (Å²) in [6, 6.07) is 5.02. The molecule has 26 heavy (non-hydrogen) atoms. The minimum absolute atomic E-state index is 0.0647. The predicted molar refractivity (Wildman–Crippen MR) is 99.1 cm³/mol. The topological polar surface area (TPSA) is 75.0 Å². The van der Waals surface area contributed by atoms with Crippen LogP contribution in [0.2, 0.25) is 0 Å². The molecule has 6 nitrogen and oxygen atoms in total. The standard InChI is InChI=1S/C20H24O6/c1-5-6-7-8-11-23-15-9-10-16-17(12-15)26-20(22)19(24-13(2)3)18(16)25-14(4)21/h6-7,9-10,12-13H,5,8,11H2,1-4H3/b7-6+. The molecule has 0 spiro atoms. The van der Waals surface area contributed by atoms with E-state index >= 15 is 0 Å². The Bertz CT molecular complexity index is 847. The minimum atomic E-state index is -0.703. The van der Waals surface area contributed by atoms with Crippen molar-refractivity contribution in [2.24, 2.45) is 0 Å². The van der Waals surface area contributed by atoms with Gasteiger partial charge in [-0.25, -0.2) is 4.79 Å². The molecule has 0 radical (unpaired) electrons. The maximum atomic E-state index is 12.3. The van der Waals surface area contributed by atoms with E-state index in [0.717, 1.165) is 12.8 Å². The predicted octanol–water partition coefficient (Wildman–Crippen LogP) is 4.24. The van der Waals surface area contributed by atoms with Crippen LogP contribution in [-0.4, -0.2) is 18.7 Å². The number of hydrogen-bond acceptors (Lipinski definition) is 6. The van der Waals surface area contributed by atoms with Crippen molar-refractivity contribution in [1.82, 2.24) is 0 Å². The van der Waals surface area contributed by atoms with Gasteiger partial charge in [0.2, 0.25) is 5.75 Å². The lowest BCUT2D eigenvalue weighted by molar-refractivity contribution is -0.131. The van der Waals surface area contributed by atoms with Crippen molar-refractivity contribution in [3.8, 4) is 17.2 Å². The zero-order chi connectivity index (χ0) is 19.1. The zero-order valence-electron chi connectivity index (χ0n) is 15.5. The van der Waals surface area contributed by atoms with Gasteiger partial charge in [-0.05, 0) is 38.8 Å². The van der Waals surface area contributed by atoms with Gasteiger partial charge in [0.05, 0.1) is 18.1 Å². The van der Waals surface area contributed by atoms with E-state index < -0.39 is 11.6 Å². The van der Waals surface area contributed by atoms with E-state index in [1.54, 1.807) is 32.0 Å². The van der Waals surface area contributed by atoms with Gasteiger partial charge in [-0.3, -0.25) is 4.79 Å². The largest absolute Gasteiger partial charge is 0.493 e. The first kappa shape index (κ1) is 19.6. The third-order valence-electron chi connectivity index (χ3n) is 3.35. The van der Waals surface area contributed by atoms with Gasteiger partial charge >= 0.3 is 11.6 Å². The lowest BCUT2D eigenvalue weighted by atomic mass is 10.2. The highest BCUT2D eigenvalue weighted by atomic mass is 16.6. The summed E-state index contributed by atoms with van der Waals surface area (Å²) in [4.78, 5) is 23.7. The molecule has 0 fully saturated rings. The van der Waals surface area contributed by atoms with Crippen LogP contribution in [0.5, 0.6) is 17.2 Å². The van der Waals surface area contributed by atoms with Crippen molar-refractivity contribution in [1.29, 1.82) is 0 Å². The summed E-state index contributed by atoms with van der Waals surface area (Å²) in [5.41, 5.74) is -0.436. The third kappa shape index (κ3) is 5.12. The lowest BCUT2D eigenvalue weighted by Crippen LogP contribution is -2.16. The smallest absolute Gasteiger partial charge is 0.383 e. The van der Waals surface area contributed by atoms with Gasteiger partial charge in [-0.1, -0.05) is 19.1 Å². The number of rotatable bonds is 8. The van der Waals surface area contributed by atoms with Crippen LogP contribution in [0.4, 0.5) is 0 Å². The first-order chi connectivity index (χ1) is 12.4. The van der Waals surface area contributed by atoms with Gasteiger partial charge in [0.25, 0.3) is 0 Å². The number of fused-ring (bicyclic) bond motifs is 1. The molecular formula is C20H24O6. The van der Waals surface area contributed by atoms with Gasteiger partial charge in [0, 0.05) is 13.0 Å². The molecule has 1 aromatic heterocycles. The SMILES string of the molecule is CC/C=C/CCOc1ccc2c(OC(C)=O)c(OC(C)C)c(=O)oc2c1. The van der Waals surface area contributed by atoms with Gasteiger partial charge < -0.3 is 18.6 Å². The summed E-state index contributed by atoms with van der Waals surface area (Å²) < 4.78 is 21.7. The van der Waals surface area contributed by atoms with Crippen molar-refractivity contribution in [3.63, 3.8) is 0 Å². The Kier molecular flexibility index (Phi) is 6.83. The molecule has 6 heteroatoms. The maximum absolute atomic E-state index is 12.3. The molecule has 0 aliphatic rings. The fourth-order valence-electron chi connectivity index (χ4n) is 2.34. The Hall–Kier alpha value is -2.76. The number of benzene rings is 1. The highest BCUT2D eigenvalue weighted by Gasteiger charge is 2.20. The summed E-state index contributed by atoms with van der Waals surface area (Å²) in [7, 11) is 0. The summed E-state index contributed by atoms with van der Waals surface area (Å²) in [6.07, 6.45) is 5.62. The Labute approximate surface area is 152 Å². The van der Waals surface area contributed by atoms with Crippen LogP contribution in [-0.2, 0) is 4.79 Å². The van der Waals surface area contributed by atoms with Crippen LogP contribution in [0, 0.1) is 0 Å². The van der Waals surface area contributed by atoms with Gasteiger partial charge in [0.15, 0.2) is 5.75 Å². The zero-order valence-corrected chi connectivity index (χ0v) is 15.5. The van der Waals surface area contributed by atoms with E-state index in [2.05, 4.69) is 19.1 Å². The fourth-order valence-corrected chi connectivity index (χ4v) is 2.34. The monoisotopic (exact) mass is 360 g/mol. The molecule has 0 bridgehead atoms. The number of ether oxygens (including phenoxy) is 3. The van der Waals surface area contributed by atoms with Crippen LogP contribution < -0.4 is 19.8 Å². The maximum Gasteiger partial charge on any atom is 0.383 e. The molecule has 0 saturated carbocycles. The average molecular weight is 360 g/mol. The molecule has 1 heterocycles. The molecule has 2 aromatic rings. The summed E-state index contributed by atoms with van der Waals surface area (Å²) in [5, 5.41) is 0.466. The van der Waals surface area contributed by atoms with E-state index in [9.17, 15) is 9.59 Å². The number of esters is 1. The summed E-state index contributed by atoms with van der Waals surface area (Å²) in [6.45, 7) is 7.38. The number of carbonyl (C=O) groups excluding carboxylic acids is 1. The quantitative estimate of drug-likeness (QED) is 0.303. The number of carbonyl (C=O) groups is 1. The molecule has 0 saturated heterocycles. The third-order valence-corrected chi connectivity index (χ3v) is 3.35. The Balaban J connectivity index is 2.38. The first-order valence-electron chi connectivity index (χ1n) is 8.66. The summed E-state index contributed by atoms with van der Waals surface area (Å²) >= 11 is 0. The highest BCUT2D eigenvalue weighted by Crippen LogP contribution is 2.35. The second-order valence-electron chi connectivity index (χ2n) is 5.98. The second-order valence-corrected chi connectivity index (χ2v) is 5.98.